The van der Waals surface area contributed by atoms with Crippen LogP contribution < -0.4 is 16.2 Å². The molecule has 1 atom stereocenters. The molecule has 4 aromatic rings. The van der Waals surface area contributed by atoms with Gasteiger partial charge in [-0.3, -0.25) is 18.8 Å². The highest BCUT2D eigenvalue weighted by atomic mass is 16.5. The van der Waals surface area contributed by atoms with Crippen LogP contribution >= 0.6 is 0 Å². The SMILES string of the molecule is CC(C)(/C=C(/C#N)C(=O)N1CC[C@H](n2c(=O)n(-c3ccc(Oc4ccccc4)cc3)c3c(N)ncnc32)C1)N1CCOCC1. The molecule has 2 fully saturated rings. The van der Waals surface area contributed by atoms with Crippen LogP contribution in [0.3, 0.4) is 0 Å². The molecule has 2 aliphatic heterocycles. The van der Waals surface area contributed by atoms with E-state index in [0.29, 0.717) is 54.5 Å². The minimum atomic E-state index is -0.496. The van der Waals surface area contributed by atoms with Crippen LogP contribution in [0.2, 0.25) is 0 Å². The van der Waals surface area contributed by atoms with Crippen molar-refractivity contribution in [3.63, 3.8) is 0 Å². The van der Waals surface area contributed by atoms with Gasteiger partial charge in [-0.05, 0) is 62.7 Å². The van der Waals surface area contributed by atoms with Gasteiger partial charge in [0.15, 0.2) is 11.5 Å². The zero-order chi connectivity index (χ0) is 30.8. The van der Waals surface area contributed by atoms with Gasteiger partial charge in [-0.1, -0.05) is 18.2 Å². The Morgan fingerprint density at radius 1 is 1.07 bits per heavy atom. The first-order valence-electron chi connectivity index (χ1n) is 14.6. The fourth-order valence-electron chi connectivity index (χ4n) is 5.96. The Balaban J connectivity index is 1.28. The van der Waals surface area contributed by atoms with E-state index in [1.807, 2.05) is 44.2 Å². The van der Waals surface area contributed by atoms with E-state index in [-0.39, 0.29) is 35.6 Å². The molecule has 6 rings (SSSR count). The van der Waals surface area contributed by atoms with E-state index in [1.165, 1.54) is 10.9 Å². The van der Waals surface area contributed by atoms with Gasteiger partial charge in [-0.2, -0.15) is 5.26 Å². The highest BCUT2D eigenvalue weighted by Gasteiger charge is 2.35. The number of likely N-dealkylation sites (tertiary alicyclic amines) is 1. The molecule has 4 heterocycles. The van der Waals surface area contributed by atoms with Crippen LogP contribution in [0.15, 0.2) is 77.4 Å². The molecular weight excluding hydrogens is 560 g/mol. The minimum Gasteiger partial charge on any atom is -0.457 e. The monoisotopic (exact) mass is 594 g/mol. The van der Waals surface area contributed by atoms with Gasteiger partial charge >= 0.3 is 5.69 Å². The van der Waals surface area contributed by atoms with E-state index < -0.39 is 5.54 Å². The third-order valence-corrected chi connectivity index (χ3v) is 8.24. The van der Waals surface area contributed by atoms with Crippen LogP contribution in [-0.4, -0.2) is 79.7 Å². The van der Waals surface area contributed by atoms with E-state index in [9.17, 15) is 14.9 Å². The van der Waals surface area contributed by atoms with E-state index >= 15 is 0 Å². The molecule has 2 N–H and O–H groups in total. The van der Waals surface area contributed by atoms with Crippen molar-refractivity contribution in [1.82, 2.24) is 28.9 Å². The molecule has 0 radical (unpaired) electrons. The third kappa shape index (κ3) is 5.55. The summed E-state index contributed by atoms with van der Waals surface area (Å²) in [5.41, 5.74) is 6.89. The summed E-state index contributed by atoms with van der Waals surface area (Å²) >= 11 is 0. The van der Waals surface area contributed by atoms with Crippen LogP contribution in [0.5, 0.6) is 11.5 Å². The fraction of sp³-hybridized carbons (Fsp3) is 0.344. The molecule has 44 heavy (non-hydrogen) atoms. The van der Waals surface area contributed by atoms with Crippen LogP contribution in [-0.2, 0) is 9.53 Å². The van der Waals surface area contributed by atoms with Gasteiger partial charge in [0.25, 0.3) is 5.91 Å². The number of nitrogen functional groups attached to an aromatic ring is 1. The molecule has 2 aromatic heterocycles. The highest BCUT2D eigenvalue weighted by molar-refractivity contribution is 5.97. The number of nitriles is 1. The van der Waals surface area contributed by atoms with E-state index in [0.717, 1.165) is 13.1 Å². The van der Waals surface area contributed by atoms with Crippen molar-refractivity contribution in [3.8, 4) is 23.3 Å². The van der Waals surface area contributed by atoms with Gasteiger partial charge in [0, 0.05) is 31.7 Å². The predicted octanol–water partition coefficient (Wildman–Crippen LogP) is 3.29. The largest absolute Gasteiger partial charge is 0.457 e. The lowest BCUT2D eigenvalue weighted by molar-refractivity contribution is -0.125. The number of benzene rings is 2. The first-order chi connectivity index (χ1) is 21.3. The maximum absolute atomic E-state index is 14.0. The first kappa shape index (κ1) is 29.1. The molecule has 226 valence electrons. The number of hydrogen-bond donors (Lipinski definition) is 1. The fourth-order valence-corrected chi connectivity index (χ4v) is 5.96. The Morgan fingerprint density at radius 2 is 1.77 bits per heavy atom. The molecule has 12 heteroatoms. The lowest BCUT2D eigenvalue weighted by Gasteiger charge is -2.39. The topological polar surface area (TPSA) is 145 Å². The van der Waals surface area contributed by atoms with Crippen molar-refractivity contribution < 1.29 is 14.3 Å². The molecule has 2 saturated heterocycles. The summed E-state index contributed by atoms with van der Waals surface area (Å²) in [5, 5.41) is 9.94. The molecular formula is C32H34N8O4. The summed E-state index contributed by atoms with van der Waals surface area (Å²) in [6.45, 7) is 7.31. The second-order valence-electron chi connectivity index (χ2n) is 11.4. The van der Waals surface area contributed by atoms with Crippen LogP contribution in [0, 0.1) is 11.3 Å². The number of rotatable bonds is 7. The predicted molar refractivity (Wildman–Crippen MR) is 164 cm³/mol. The Hall–Kier alpha value is -4.99. The van der Waals surface area contributed by atoms with Gasteiger partial charge in [0.2, 0.25) is 0 Å². The molecule has 1 amide bonds. The molecule has 0 aliphatic carbocycles. The summed E-state index contributed by atoms with van der Waals surface area (Å²) < 4.78 is 14.4. The summed E-state index contributed by atoms with van der Waals surface area (Å²) in [6, 6.07) is 18.3. The van der Waals surface area contributed by atoms with Crippen molar-refractivity contribution in [3.05, 3.63) is 83.1 Å². The molecule has 0 unspecified atom stereocenters. The molecule has 0 saturated carbocycles. The van der Waals surface area contributed by atoms with Crippen molar-refractivity contribution in [1.29, 1.82) is 5.26 Å². The van der Waals surface area contributed by atoms with Crippen LogP contribution in [0.25, 0.3) is 16.9 Å². The lowest BCUT2D eigenvalue weighted by Crippen LogP contribution is -2.49. The third-order valence-electron chi connectivity index (χ3n) is 8.24. The van der Waals surface area contributed by atoms with E-state index in [1.54, 1.807) is 39.8 Å². The average Bonchev–Trinajstić information content (AvgIpc) is 3.64. The smallest absolute Gasteiger partial charge is 0.335 e. The number of anilines is 1. The highest BCUT2D eigenvalue weighted by Crippen LogP contribution is 2.30. The molecule has 2 aliphatic rings. The van der Waals surface area contributed by atoms with Crippen molar-refractivity contribution >= 4 is 22.9 Å². The maximum Gasteiger partial charge on any atom is 0.335 e. The number of imidazole rings is 1. The molecule has 0 spiro atoms. The summed E-state index contributed by atoms with van der Waals surface area (Å²) in [6.07, 6.45) is 3.59. The van der Waals surface area contributed by atoms with Gasteiger partial charge < -0.3 is 20.1 Å². The van der Waals surface area contributed by atoms with Gasteiger partial charge in [0.05, 0.1) is 24.9 Å². The number of ether oxygens (including phenoxy) is 2. The van der Waals surface area contributed by atoms with Gasteiger partial charge in [-0.15, -0.1) is 0 Å². The van der Waals surface area contributed by atoms with Crippen molar-refractivity contribution in [2.45, 2.75) is 31.8 Å². The molecule has 2 aromatic carbocycles. The second-order valence-corrected chi connectivity index (χ2v) is 11.4. The zero-order valence-corrected chi connectivity index (χ0v) is 24.7. The van der Waals surface area contributed by atoms with Gasteiger partial charge in [0.1, 0.15) is 35.0 Å². The first-order valence-corrected chi connectivity index (χ1v) is 14.6. The Labute approximate surface area is 254 Å². The van der Waals surface area contributed by atoms with Gasteiger partial charge in [-0.25, -0.2) is 14.8 Å². The van der Waals surface area contributed by atoms with Crippen LogP contribution in [0.4, 0.5) is 5.82 Å². The quantitative estimate of drug-likeness (QED) is 0.252. The Morgan fingerprint density at radius 3 is 2.48 bits per heavy atom. The standard InChI is InChI=1S/C32H34N8O4/c1-32(2,38-14-16-43-17-15-38)18-22(19-33)30(41)37-13-12-24(20-37)40-29-27(28(34)35-21-36-29)39(31(40)42)23-8-10-26(11-9-23)44-25-6-4-3-5-7-25/h3-11,18,21,24H,12-17,20H2,1-2H3,(H2,34,35,36)/b22-18-/t24-/m0/s1. The summed E-state index contributed by atoms with van der Waals surface area (Å²) in [5.74, 6) is 1.13. The maximum atomic E-state index is 14.0. The van der Waals surface area contributed by atoms with E-state index in [4.69, 9.17) is 15.2 Å². The Bertz CT molecular complexity index is 1800. The number of nitrogens with zero attached hydrogens (tertiary/aromatic N) is 7. The number of carbonyl (C=O) groups is 1. The number of fused-ring (bicyclic) bond motifs is 1. The molecule has 0 bridgehead atoms. The number of aromatic nitrogens is 4. The number of amides is 1. The second kappa shape index (κ2) is 11.9. The van der Waals surface area contributed by atoms with Crippen molar-refractivity contribution in [2.75, 3.05) is 45.1 Å². The number of nitrogens with two attached hydrogens (primary N) is 1. The number of para-hydroxylation sites is 1. The van der Waals surface area contributed by atoms with E-state index in [2.05, 4.69) is 20.9 Å². The van der Waals surface area contributed by atoms with Crippen molar-refractivity contribution in [2.24, 2.45) is 0 Å². The minimum absolute atomic E-state index is 0.0845. The number of morpholine rings is 1. The normalized spacial score (nSPS) is 18.0. The zero-order valence-electron chi connectivity index (χ0n) is 24.7. The average molecular weight is 595 g/mol. The number of hydrogen-bond acceptors (Lipinski definition) is 9. The summed E-state index contributed by atoms with van der Waals surface area (Å²) in [4.78, 5) is 40.0. The lowest BCUT2D eigenvalue weighted by atomic mass is 9.98. The van der Waals surface area contributed by atoms with Crippen LogP contribution in [0.1, 0.15) is 26.3 Å². The summed E-state index contributed by atoms with van der Waals surface area (Å²) in [7, 11) is 0. The number of carbonyl (C=O) groups excluding carboxylic acids is 1. The Kier molecular flexibility index (Phi) is 7.90. The molecule has 12 nitrogen and oxygen atoms in total.